The van der Waals surface area contributed by atoms with Crippen molar-refractivity contribution in [3.8, 4) is 0 Å². The summed E-state index contributed by atoms with van der Waals surface area (Å²) in [6, 6.07) is 5.59. The maximum absolute atomic E-state index is 12.7. The van der Waals surface area contributed by atoms with Gasteiger partial charge in [-0.3, -0.25) is 0 Å². The molecule has 0 aromatic heterocycles. The van der Waals surface area contributed by atoms with Gasteiger partial charge < -0.3 is 9.80 Å². The fourth-order valence-electron chi connectivity index (χ4n) is 3.38. The number of sulfonamides is 1. The summed E-state index contributed by atoms with van der Waals surface area (Å²) in [5, 5.41) is 1.06. The molecule has 2 heterocycles. The lowest BCUT2D eigenvalue weighted by atomic mass is 9.99. The second-order valence-electron chi connectivity index (χ2n) is 6.54. The Kier molecular flexibility index (Phi) is 5.48. The molecule has 0 N–H and O–H groups in total. The average molecular weight is 406 g/mol. The van der Waals surface area contributed by atoms with Crippen molar-refractivity contribution in [2.24, 2.45) is 0 Å². The smallest absolute Gasteiger partial charge is 0.320 e. The van der Waals surface area contributed by atoms with E-state index >= 15 is 0 Å². The van der Waals surface area contributed by atoms with Gasteiger partial charge in [0, 0.05) is 45.2 Å². The van der Waals surface area contributed by atoms with Crippen LogP contribution in [0.15, 0.2) is 18.2 Å². The molecule has 0 saturated carbocycles. The summed E-state index contributed by atoms with van der Waals surface area (Å²) in [7, 11) is -3.19. The van der Waals surface area contributed by atoms with E-state index in [1.807, 2.05) is 17.0 Å². The van der Waals surface area contributed by atoms with Crippen LogP contribution < -0.4 is 0 Å². The van der Waals surface area contributed by atoms with Crippen molar-refractivity contribution in [1.29, 1.82) is 0 Å². The van der Waals surface area contributed by atoms with Crippen LogP contribution >= 0.6 is 23.2 Å². The molecule has 1 aromatic carbocycles. The first-order valence-corrected chi connectivity index (χ1v) is 10.8. The van der Waals surface area contributed by atoms with Gasteiger partial charge in [-0.2, -0.15) is 4.31 Å². The molecule has 2 fully saturated rings. The number of carbonyl (C=O) groups is 1. The maximum Gasteiger partial charge on any atom is 0.320 e. The lowest BCUT2D eigenvalue weighted by Crippen LogP contribution is -2.53. The van der Waals surface area contributed by atoms with Crippen molar-refractivity contribution in [3.63, 3.8) is 0 Å². The molecular weight excluding hydrogens is 385 g/mol. The molecule has 2 amide bonds. The van der Waals surface area contributed by atoms with Crippen molar-refractivity contribution < 1.29 is 13.2 Å². The SMILES string of the molecule is CS(=O)(=O)N1CCN(C(=O)N2CCC(c3ccc(Cl)c(Cl)c3)C2)CC1. The van der Waals surface area contributed by atoms with Crippen LogP contribution in [0.2, 0.25) is 10.0 Å². The molecule has 0 radical (unpaired) electrons. The molecule has 2 aliphatic rings. The van der Waals surface area contributed by atoms with E-state index in [0.717, 1.165) is 12.0 Å². The highest BCUT2D eigenvalue weighted by Crippen LogP contribution is 2.32. The van der Waals surface area contributed by atoms with Crippen LogP contribution in [0.5, 0.6) is 0 Å². The Morgan fingerprint density at radius 1 is 1.04 bits per heavy atom. The highest BCUT2D eigenvalue weighted by Gasteiger charge is 2.33. The molecule has 2 aliphatic heterocycles. The predicted molar refractivity (Wildman–Crippen MR) is 98.8 cm³/mol. The fraction of sp³-hybridized carbons (Fsp3) is 0.562. The largest absolute Gasteiger partial charge is 0.324 e. The minimum Gasteiger partial charge on any atom is -0.324 e. The van der Waals surface area contributed by atoms with Gasteiger partial charge in [-0.15, -0.1) is 0 Å². The van der Waals surface area contributed by atoms with Crippen LogP contribution in [0.3, 0.4) is 0 Å². The van der Waals surface area contributed by atoms with Crippen LogP contribution in [-0.4, -0.2) is 74.1 Å². The normalized spacial score (nSPS) is 22.4. The molecule has 138 valence electrons. The number of urea groups is 1. The standard InChI is InChI=1S/C16H21Cl2N3O3S/c1-25(23,24)21-8-6-19(7-9-21)16(22)20-5-4-13(11-20)12-2-3-14(17)15(18)10-12/h2-3,10,13H,4-9,11H2,1H3. The van der Waals surface area contributed by atoms with Crippen molar-refractivity contribution in [3.05, 3.63) is 33.8 Å². The number of benzene rings is 1. The number of carbonyl (C=O) groups excluding carboxylic acids is 1. The molecule has 9 heteroatoms. The third kappa shape index (κ3) is 4.22. The number of amides is 2. The van der Waals surface area contributed by atoms with E-state index in [9.17, 15) is 13.2 Å². The van der Waals surface area contributed by atoms with E-state index in [0.29, 0.717) is 49.3 Å². The lowest BCUT2D eigenvalue weighted by Gasteiger charge is -2.35. The number of nitrogens with zero attached hydrogens (tertiary/aromatic N) is 3. The second-order valence-corrected chi connectivity index (χ2v) is 9.33. The van der Waals surface area contributed by atoms with Crippen LogP contribution in [0.25, 0.3) is 0 Å². The third-order valence-corrected chi connectivity index (χ3v) is 6.89. The third-order valence-electron chi connectivity index (χ3n) is 4.85. The van der Waals surface area contributed by atoms with Crippen molar-refractivity contribution in [1.82, 2.24) is 14.1 Å². The summed E-state index contributed by atoms with van der Waals surface area (Å²) >= 11 is 12.1. The number of hydrogen-bond acceptors (Lipinski definition) is 3. The van der Waals surface area contributed by atoms with Crippen LogP contribution in [0.1, 0.15) is 17.9 Å². The summed E-state index contributed by atoms with van der Waals surface area (Å²) in [6.45, 7) is 2.90. The van der Waals surface area contributed by atoms with Gasteiger partial charge in [0.05, 0.1) is 16.3 Å². The fourth-order valence-corrected chi connectivity index (χ4v) is 4.52. The maximum atomic E-state index is 12.7. The summed E-state index contributed by atoms with van der Waals surface area (Å²) in [6.07, 6.45) is 2.08. The Balaban J connectivity index is 1.59. The summed E-state index contributed by atoms with van der Waals surface area (Å²) in [5.41, 5.74) is 1.09. The Morgan fingerprint density at radius 3 is 2.32 bits per heavy atom. The van der Waals surface area contributed by atoms with Gasteiger partial charge in [-0.1, -0.05) is 29.3 Å². The monoisotopic (exact) mass is 405 g/mol. The van der Waals surface area contributed by atoms with Gasteiger partial charge in [0.2, 0.25) is 10.0 Å². The molecule has 0 spiro atoms. The number of halogens is 2. The highest BCUT2D eigenvalue weighted by atomic mass is 35.5. The summed E-state index contributed by atoms with van der Waals surface area (Å²) in [4.78, 5) is 16.3. The zero-order valence-corrected chi connectivity index (χ0v) is 16.3. The molecule has 0 bridgehead atoms. The van der Waals surface area contributed by atoms with E-state index in [2.05, 4.69) is 0 Å². The second kappa shape index (κ2) is 7.31. The quantitative estimate of drug-likeness (QED) is 0.758. The number of piperazine rings is 1. The van der Waals surface area contributed by atoms with Gasteiger partial charge in [-0.25, -0.2) is 13.2 Å². The lowest BCUT2D eigenvalue weighted by molar-refractivity contribution is 0.142. The first kappa shape index (κ1) is 18.8. The molecule has 3 rings (SSSR count). The van der Waals surface area contributed by atoms with Crippen LogP contribution in [0, 0.1) is 0 Å². The van der Waals surface area contributed by atoms with Gasteiger partial charge in [-0.05, 0) is 24.1 Å². The van der Waals surface area contributed by atoms with Gasteiger partial charge in [0.25, 0.3) is 0 Å². The van der Waals surface area contributed by atoms with E-state index in [1.165, 1.54) is 10.6 Å². The average Bonchev–Trinajstić information content (AvgIpc) is 3.06. The molecule has 1 atom stereocenters. The topological polar surface area (TPSA) is 60.9 Å². The summed E-state index contributed by atoms with van der Waals surface area (Å²) in [5.74, 6) is 0.246. The van der Waals surface area contributed by atoms with Crippen LogP contribution in [0.4, 0.5) is 4.79 Å². The van der Waals surface area contributed by atoms with E-state index in [1.54, 1.807) is 11.0 Å². The van der Waals surface area contributed by atoms with Gasteiger partial charge in [0.1, 0.15) is 0 Å². The number of hydrogen-bond donors (Lipinski definition) is 0. The molecular formula is C16H21Cl2N3O3S. The Hall–Kier alpha value is -1.02. The molecule has 0 aliphatic carbocycles. The van der Waals surface area contributed by atoms with E-state index in [4.69, 9.17) is 23.2 Å². The van der Waals surface area contributed by atoms with Gasteiger partial charge in [0.15, 0.2) is 0 Å². The Morgan fingerprint density at radius 2 is 1.72 bits per heavy atom. The number of likely N-dealkylation sites (tertiary alicyclic amines) is 1. The van der Waals surface area contributed by atoms with Crippen LogP contribution in [-0.2, 0) is 10.0 Å². The Labute approximate surface area is 158 Å². The first-order valence-electron chi connectivity index (χ1n) is 8.19. The van der Waals surface area contributed by atoms with Gasteiger partial charge >= 0.3 is 6.03 Å². The molecule has 25 heavy (non-hydrogen) atoms. The molecule has 2 saturated heterocycles. The summed E-state index contributed by atoms with van der Waals surface area (Å²) < 4.78 is 24.5. The predicted octanol–water partition coefficient (Wildman–Crippen LogP) is 2.48. The minimum absolute atomic E-state index is 0.0179. The zero-order chi connectivity index (χ0) is 18.2. The minimum atomic E-state index is -3.19. The first-order chi connectivity index (χ1) is 11.8. The molecule has 1 aromatic rings. The van der Waals surface area contributed by atoms with Crippen molar-refractivity contribution in [2.75, 3.05) is 45.5 Å². The van der Waals surface area contributed by atoms with E-state index in [-0.39, 0.29) is 11.9 Å². The van der Waals surface area contributed by atoms with Crippen molar-refractivity contribution in [2.45, 2.75) is 12.3 Å². The highest BCUT2D eigenvalue weighted by molar-refractivity contribution is 7.88. The number of rotatable bonds is 2. The molecule has 1 unspecified atom stereocenters. The van der Waals surface area contributed by atoms with E-state index < -0.39 is 10.0 Å². The zero-order valence-electron chi connectivity index (χ0n) is 14.0. The molecule has 6 nitrogen and oxygen atoms in total. The van der Waals surface area contributed by atoms with Crippen molar-refractivity contribution >= 4 is 39.3 Å². The Bertz CT molecular complexity index is 764.